The Labute approximate surface area is 143 Å². The van der Waals surface area contributed by atoms with Gasteiger partial charge < -0.3 is 21.7 Å². The van der Waals surface area contributed by atoms with E-state index >= 15 is 0 Å². The molecule has 0 aliphatic heterocycles. The summed E-state index contributed by atoms with van der Waals surface area (Å²) in [6.45, 7) is 8.90. The van der Waals surface area contributed by atoms with Crippen LogP contribution in [0.2, 0.25) is 0 Å². The fourth-order valence-electron chi connectivity index (χ4n) is 1.96. The third kappa shape index (κ3) is 7.62. The van der Waals surface area contributed by atoms with E-state index in [0.29, 0.717) is 24.6 Å². The van der Waals surface area contributed by atoms with Crippen molar-refractivity contribution in [3.05, 3.63) is 35.4 Å². The summed E-state index contributed by atoms with van der Waals surface area (Å²) in [4.78, 5) is 27.5. The smallest absolute Gasteiger partial charge is 0.248 e. The summed E-state index contributed by atoms with van der Waals surface area (Å²) in [6, 6.07) is 7.01. The van der Waals surface area contributed by atoms with Gasteiger partial charge in [0.05, 0.1) is 13.1 Å². The molecule has 132 valence electrons. The number of primary amides is 1. The number of nitrogens with two attached hydrogens (primary N) is 1. The van der Waals surface area contributed by atoms with E-state index in [0.717, 1.165) is 5.56 Å². The van der Waals surface area contributed by atoms with Crippen molar-refractivity contribution < 1.29 is 9.59 Å². The molecule has 0 saturated carbocycles. The molecular weight excluding hydrogens is 306 g/mol. The minimum Gasteiger partial charge on any atom is -0.366 e. The molecule has 1 aromatic rings. The van der Waals surface area contributed by atoms with E-state index in [1.165, 1.54) is 0 Å². The van der Waals surface area contributed by atoms with Crippen molar-refractivity contribution in [3.63, 3.8) is 0 Å². The molecule has 0 heterocycles. The second-order valence-corrected chi connectivity index (χ2v) is 6.41. The second kappa shape index (κ2) is 8.90. The molecule has 0 aliphatic carbocycles. The van der Waals surface area contributed by atoms with E-state index in [9.17, 15) is 9.59 Å². The molecule has 0 bridgehead atoms. The maximum absolute atomic E-state index is 11.9. The molecule has 0 fully saturated rings. The zero-order valence-corrected chi connectivity index (χ0v) is 14.8. The number of carbonyl (C=O) groups is 2. The maximum atomic E-state index is 11.9. The molecule has 1 aromatic carbocycles. The van der Waals surface area contributed by atoms with Crippen LogP contribution in [0, 0.1) is 0 Å². The van der Waals surface area contributed by atoms with Crippen LogP contribution in [0.3, 0.4) is 0 Å². The molecule has 24 heavy (non-hydrogen) atoms. The van der Waals surface area contributed by atoms with Gasteiger partial charge in [0.15, 0.2) is 5.96 Å². The first-order valence-corrected chi connectivity index (χ1v) is 7.93. The molecule has 0 spiro atoms. The van der Waals surface area contributed by atoms with Crippen molar-refractivity contribution in [1.29, 1.82) is 0 Å². The summed E-state index contributed by atoms with van der Waals surface area (Å²) in [5.41, 5.74) is 6.31. The number of benzene rings is 1. The van der Waals surface area contributed by atoms with Crippen molar-refractivity contribution in [2.24, 2.45) is 10.7 Å². The van der Waals surface area contributed by atoms with Crippen LogP contribution in [0.4, 0.5) is 0 Å². The fourth-order valence-corrected chi connectivity index (χ4v) is 1.96. The number of nitrogens with zero attached hydrogens (tertiary/aromatic N) is 1. The number of rotatable bonds is 6. The predicted molar refractivity (Wildman–Crippen MR) is 95.7 cm³/mol. The second-order valence-electron chi connectivity index (χ2n) is 6.41. The standard InChI is InChI=1S/C17H27N5O2/c1-5-19-16(21-11-14(23)22-17(2,3)4)20-10-12-7-6-8-13(9-12)15(18)24/h6-9H,5,10-11H2,1-4H3,(H2,18,24)(H,22,23)(H2,19,20,21). The van der Waals surface area contributed by atoms with Gasteiger partial charge in [-0.2, -0.15) is 0 Å². The third-order valence-electron chi connectivity index (χ3n) is 2.91. The largest absolute Gasteiger partial charge is 0.366 e. The Hall–Kier alpha value is -2.57. The molecule has 0 radical (unpaired) electrons. The lowest BCUT2D eigenvalue weighted by molar-refractivity contribution is -0.121. The van der Waals surface area contributed by atoms with E-state index in [1.54, 1.807) is 18.2 Å². The quantitative estimate of drug-likeness (QED) is 0.455. The Morgan fingerprint density at radius 2 is 1.92 bits per heavy atom. The SMILES string of the molecule is CCNC(=NCc1cccc(C(N)=O)c1)NCC(=O)NC(C)(C)C. The summed E-state index contributed by atoms with van der Waals surface area (Å²) < 4.78 is 0. The molecule has 2 amide bonds. The van der Waals surface area contributed by atoms with Crippen molar-refractivity contribution >= 4 is 17.8 Å². The number of amides is 2. The summed E-state index contributed by atoms with van der Waals surface area (Å²) >= 11 is 0. The lowest BCUT2D eigenvalue weighted by Crippen LogP contribution is -2.48. The van der Waals surface area contributed by atoms with Crippen LogP contribution in [-0.4, -0.2) is 36.4 Å². The minimum absolute atomic E-state index is 0.108. The maximum Gasteiger partial charge on any atom is 0.248 e. The van der Waals surface area contributed by atoms with Crippen molar-refractivity contribution in [1.82, 2.24) is 16.0 Å². The Morgan fingerprint density at radius 3 is 2.50 bits per heavy atom. The summed E-state index contributed by atoms with van der Waals surface area (Å²) in [6.07, 6.45) is 0. The Kier molecular flexibility index (Phi) is 7.23. The van der Waals surface area contributed by atoms with Crippen LogP contribution in [0.5, 0.6) is 0 Å². The van der Waals surface area contributed by atoms with Gasteiger partial charge in [-0.15, -0.1) is 0 Å². The van der Waals surface area contributed by atoms with Crippen molar-refractivity contribution in [3.8, 4) is 0 Å². The van der Waals surface area contributed by atoms with Gasteiger partial charge in [-0.1, -0.05) is 12.1 Å². The van der Waals surface area contributed by atoms with Crippen LogP contribution < -0.4 is 21.7 Å². The van der Waals surface area contributed by atoms with Crippen LogP contribution >= 0.6 is 0 Å². The summed E-state index contributed by atoms with van der Waals surface area (Å²) in [7, 11) is 0. The molecule has 0 aliphatic rings. The van der Waals surface area contributed by atoms with E-state index < -0.39 is 5.91 Å². The van der Waals surface area contributed by atoms with Gasteiger partial charge >= 0.3 is 0 Å². The lowest BCUT2D eigenvalue weighted by Gasteiger charge is -2.21. The van der Waals surface area contributed by atoms with Gasteiger partial charge in [-0.25, -0.2) is 4.99 Å². The van der Waals surface area contributed by atoms with Crippen molar-refractivity contribution in [2.75, 3.05) is 13.1 Å². The van der Waals surface area contributed by atoms with Gasteiger partial charge in [0, 0.05) is 17.6 Å². The highest BCUT2D eigenvalue weighted by Crippen LogP contribution is 2.06. The minimum atomic E-state index is -0.468. The lowest BCUT2D eigenvalue weighted by atomic mass is 10.1. The highest BCUT2D eigenvalue weighted by molar-refractivity contribution is 5.93. The normalized spacial score (nSPS) is 11.8. The number of carbonyl (C=O) groups excluding carboxylic acids is 2. The fraction of sp³-hybridized carbons (Fsp3) is 0.471. The van der Waals surface area contributed by atoms with E-state index in [2.05, 4.69) is 20.9 Å². The molecular formula is C17H27N5O2. The van der Waals surface area contributed by atoms with Gasteiger partial charge in [0.2, 0.25) is 11.8 Å². The first kappa shape index (κ1) is 19.5. The van der Waals surface area contributed by atoms with E-state index in [1.807, 2.05) is 33.8 Å². The number of guanidine groups is 1. The number of hydrogen-bond acceptors (Lipinski definition) is 3. The summed E-state index contributed by atoms with van der Waals surface area (Å²) in [5.74, 6) is -0.0421. The average molecular weight is 333 g/mol. The zero-order chi connectivity index (χ0) is 18.2. The first-order valence-electron chi connectivity index (χ1n) is 7.93. The predicted octanol–water partition coefficient (Wildman–Crippen LogP) is 0.755. The number of nitrogens with one attached hydrogen (secondary N) is 3. The molecule has 7 heteroatoms. The van der Waals surface area contributed by atoms with E-state index in [4.69, 9.17) is 5.73 Å². The molecule has 5 N–H and O–H groups in total. The molecule has 0 atom stereocenters. The number of hydrogen-bond donors (Lipinski definition) is 4. The molecule has 0 aromatic heterocycles. The van der Waals surface area contributed by atoms with Gasteiger partial charge in [-0.05, 0) is 45.4 Å². The molecule has 0 saturated heterocycles. The van der Waals surface area contributed by atoms with Gasteiger partial charge in [-0.3, -0.25) is 9.59 Å². The molecule has 1 rings (SSSR count). The van der Waals surface area contributed by atoms with Crippen LogP contribution in [0.25, 0.3) is 0 Å². The molecule has 0 unspecified atom stereocenters. The van der Waals surface area contributed by atoms with E-state index in [-0.39, 0.29) is 18.0 Å². The van der Waals surface area contributed by atoms with Crippen LogP contribution in [0.1, 0.15) is 43.6 Å². The monoisotopic (exact) mass is 333 g/mol. The Bertz CT molecular complexity index is 605. The van der Waals surface area contributed by atoms with Crippen LogP contribution in [-0.2, 0) is 11.3 Å². The third-order valence-corrected chi connectivity index (χ3v) is 2.91. The highest BCUT2D eigenvalue weighted by atomic mass is 16.2. The Morgan fingerprint density at radius 1 is 1.21 bits per heavy atom. The average Bonchev–Trinajstić information content (AvgIpc) is 2.48. The Balaban J connectivity index is 2.67. The molecule has 7 nitrogen and oxygen atoms in total. The highest BCUT2D eigenvalue weighted by Gasteiger charge is 2.13. The van der Waals surface area contributed by atoms with Gasteiger partial charge in [0.25, 0.3) is 0 Å². The first-order chi connectivity index (χ1) is 11.2. The topological polar surface area (TPSA) is 109 Å². The summed E-state index contributed by atoms with van der Waals surface area (Å²) in [5, 5.41) is 8.94. The zero-order valence-electron chi connectivity index (χ0n) is 14.8. The number of aliphatic imine (C=N–C) groups is 1. The van der Waals surface area contributed by atoms with Crippen molar-refractivity contribution in [2.45, 2.75) is 39.8 Å². The van der Waals surface area contributed by atoms with Gasteiger partial charge in [0.1, 0.15) is 0 Å². The van der Waals surface area contributed by atoms with Crippen LogP contribution in [0.15, 0.2) is 29.3 Å².